The highest BCUT2D eigenvalue weighted by Crippen LogP contribution is 2.26. The van der Waals surface area contributed by atoms with Crippen molar-refractivity contribution in [3.8, 4) is 11.1 Å². The third-order valence-corrected chi connectivity index (χ3v) is 3.17. The van der Waals surface area contributed by atoms with Crippen molar-refractivity contribution in [2.45, 2.75) is 13.8 Å². The number of halogens is 1. The summed E-state index contributed by atoms with van der Waals surface area (Å²) >= 11 is 2.26. The Morgan fingerprint density at radius 1 is 0.882 bits per heavy atom. The van der Waals surface area contributed by atoms with E-state index in [1.54, 1.807) is 0 Å². The zero-order valence-electron chi connectivity index (χ0n) is 10.1. The normalized spacial score (nSPS) is 11.0. The van der Waals surface area contributed by atoms with Crippen LogP contribution in [0.4, 0.5) is 0 Å². The van der Waals surface area contributed by atoms with E-state index in [9.17, 15) is 0 Å². The molecule has 0 aliphatic carbocycles. The Kier molecular flexibility index (Phi) is 4.00. The Bertz CT molecular complexity index is 536. The first-order valence-electron chi connectivity index (χ1n) is 5.65. The van der Waals surface area contributed by atoms with Gasteiger partial charge in [0.2, 0.25) is 0 Å². The first kappa shape index (κ1) is 12.4. The van der Waals surface area contributed by atoms with E-state index in [1.165, 1.54) is 27.8 Å². The fraction of sp³-hybridized carbons (Fsp3) is 0.125. The lowest BCUT2D eigenvalue weighted by Gasteiger charge is -2.08. The van der Waals surface area contributed by atoms with E-state index in [-0.39, 0.29) is 0 Å². The lowest BCUT2D eigenvalue weighted by Crippen LogP contribution is -1.85. The van der Waals surface area contributed by atoms with E-state index in [2.05, 4.69) is 89.1 Å². The van der Waals surface area contributed by atoms with Crippen LogP contribution >= 0.6 is 22.6 Å². The van der Waals surface area contributed by atoms with Gasteiger partial charge in [0.05, 0.1) is 0 Å². The van der Waals surface area contributed by atoms with Gasteiger partial charge in [-0.2, -0.15) is 0 Å². The van der Waals surface area contributed by atoms with Gasteiger partial charge in [-0.15, -0.1) is 0 Å². The molecule has 0 unspecified atom stereocenters. The highest BCUT2D eigenvalue weighted by atomic mass is 127. The predicted molar refractivity (Wildman–Crippen MR) is 84.4 cm³/mol. The molecule has 1 heteroatoms. The molecular formula is C16H15I. The van der Waals surface area contributed by atoms with E-state index in [0.717, 1.165) is 0 Å². The lowest BCUT2D eigenvalue weighted by molar-refractivity contribution is 1.44. The van der Waals surface area contributed by atoms with Gasteiger partial charge in [0, 0.05) is 0 Å². The maximum atomic E-state index is 2.26. The first-order valence-corrected chi connectivity index (χ1v) is 6.90. The van der Waals surface area contributed by atoms with Crippen molar-refractivity contribution >= 4 is 28.7 Å². The molecule has 0 bridgehead atoms. The number of aryl methyl sites for hydroxylation is 2. The molecular weight excluding hydrogens is 319 g/mol. The number of hydrogen-bond donors (Lipinski definition) is 0. The summed E-state index contributed by atoms with van der Waals surface area (Å²) in [5.41, 5.74) is 6.45. The van der Waals surface area contributed by atoms with Crippen molar-refractivity contribution in [3.05, 3.63) is 63.2 Å². The van der Waals surface area contributed by atoms with E-state index in [0.29, 0.717) is 0 Å². The van der Waals surface area contributed by atoms with Crippen LogP contribution in [0.15, 0.2) is 46.5 Å². The molecule has 86 valence electrons. The first-order chi connectivity index (χ1) is 8.20. The molecule has 2 rings (SSSR count). The summed E-state index contributed by atoms with van der Waals surface area (Å²) in [5, 5.41) is 0. The molecule has 0 aromatic heterocycles. The molecule has 0 aliphatic heterocycles. The van der Waals surface area contributed by atoms with Crippen LogP contribution in [0.5, 0.6) is 0 Å². The molecule has 0 atom stereocenters. The molecule has 0 spiro atoms. The zero-order chi connectivity index (χ0) is 12.3. The number of benzene rings is 2. The summed E-state index contributed by atoms with van der Waals surface area (Å²) in [6.45, 7) is 4.24. The van der Waals surface area contributed by atoms with Crippen LogP contribution in [-0.2, 0) is 0 Å². The molecule has 0 radical (unpaired) electrons. The van der Waals surface area contributed by atoms with Gasteiger partial charge in [-0.05, 0) is 40.7 Å². The average Bonchev–Trinajstić information content (AvgIpc) is 2.31. The van der Waals surface area contributed by atoms with Crippen LogP contribution in [0, 0.1) is 13.8 Å². The lowest BCUT2D eigenvalue weighted by atomic mass is 9.97. The van der Waals surface area contributed by atoms with Gasteiger partial charge >= 0.3 is 0 Å². The van der Waals surface area contributed by atoms with E-state index in [4.69, 9.17) is 0 Å². The Morgan fingerprint density at radius 2 is 1.53 bits per heavy atom. The highest BCUT2D eigenvalue weighted by molar-refractivity contribution is 14.1. The summed E-state index contributed by atoms with van der Waals surface area (Å²) in [4.78, 5) is 0. The van der Waals surface area contributed by atoms with Crippen molar-refractivity contribution in [2.75, 3.05) is 0 Å². The molecule has 0 N–H and O–H groups in total. The monoisotopic (exact) mass is 334 g/mol. The molecule has 0 nitrogen and oxygen atoms in total. The Hall–Kier alpha value is -1.09. The summed E-state index contributed by atoms with van der Waals surface area (Å²) in [7, 11) is 0. The maximum Gasteiger partial charge on any atom is -0.0111 e. The summed E-state index contributed by atoms with van der Waals surface area (Å²) in [5.74, 6) is 0. The fourth-order valence-corrected chi connectivity index (χ4v) is 2.27. The van der Waals surface area contributed by atoms with Crippen LogP contribution in [0.3, 0.4) is 0 Å². The molecule has 2 aromatic rings. The Labute approximate surface area is 117 Å². The quantitative estimate of drug-likeness (QED) is 0.647. The molecule has 17 heavy (non-hydrogen) atoms. The number of rotatable bonds is 2. The van der Waals surface area contributed by atoms with E-state index < -0.39 is 0 Å². The third kappa shape index (κ3) is 2.97. The van der Waals surface area contributed by atoms with Gasteiger partial charge in [-0.3, -0.25) is 0 Å². The van der Waals surface area contributed by atoms with Crippen LogP contribution in [0.1, 0.15) is 16.7 Å². The largest absolute Gasteiger partial charge is 0.0587 e. The topological polar surface area (TPSA) is 0 Å². The second kappa shape index (κ2) is 5.50. The standard InChI is InChI=1S/C16H15I/c1-12-3-6-14(7-4-12)16-8-5-13(2)11-15(16)9-10-17/h3-11H,1-2H3. The van der Waals surface area contributed by atoms with Crippen molar-refractivity contribution in [3.63, 3.8) is 0 Å². The van der Waals surface area contributed by atoms with E-state index >= 15 is 0 Å². The molecule has 2 aromatic carbocycles. The van der Waals surface area contributed by atoms with Gasteiger partial charge in [-0.25, -0.2) is 0 Å². The second-order valence-corrected chi connectivity index (χ2v) is 4.97. The molecule has 0 fully saturated rings. The molecule has 0 aliphatic rings. The number of hydrogen-bond acceptors (Lipinski definition) is 0. The van der Waals surface area contributed by atoms with Crippen LogP contribution in [-0.4, -0.2) is 0 Å². The second-order valence-electron chi connectivity index (χ2n) is 4.25. The van der Waals surface area contributed by atoms with E-state index in [1.807, 2.05) is 0 Å². The Balaban J connectivity index is 2.54. The maximum absolute atomic E-state index is 2.26. The molecule has 0 saturated heterocycles. The zero-order valence-corrected chi connectivity index (χ0v) is 12.2. The van der Waals surface area contributed by atoms with Gasteiger partial charge in [0.1, 0.15) is 0 Å². The van der Waals surface area contributed by atoms with Crippen molar-refractivity contribution < 1.29 is 0 Å². The van der Waals surface area contributed by atoms with Crippen LogP contribution in [0.25, 0.3) is 17.2 Å². The average molecular weight is 334 g/mol. The summed E-state index contributed by atoms with van der Waals surface area (Å²) < 4.78 is 2.06. The summed E-state index contributed by atoms with van der Waals surface area (Å²) in [6.07, 6.45) is 2.16. The SMILES string of the molecule is Cc1ccc(-c2ccc(C)cc2C=CI)cc1. The molecule has 0 heterocycles. The minimum atomic E-state index is 1.28. The van der Waals surface area contributed by atoms with Crippen molar-refractivity contribution in [1.29, 1.82) is 0 Å². The highest BCUT2D eigenvalue weighted by Gasteiger charge is 2.02. The van der Waals surface area contributed by atoms with Crippen molar-refractivity contribution in [2.24, 2.45) is 0 Å². The molecule has 0 amide bonds. The van der Waals surface area contributed by atoms with Crippen LogP contribution in [0.2, 0.25) is 0 Å². The third-order valence-electron chi connectivity index (χ3n) is 2.81. The van der Waals surface area contributed by atoms with Gasteiger partial charge in [-0.1, -0.05) is 76.2 Å². The smallest absolute Gasteiger partial charge is 0.0111 e. The van der Waals surface area contributed by atoms with Crippen molar-refractivity contribution in [1.82, 2.24) is 0 Å². The molecule has 0 saturated carbocycles. The summed E-state index contributed by atoms with van der Waals surface area (Å²) in [6, 6.07) is 15.3. The van der Waals surface area contributed by atoms with Crippen LogP contribution < -0.4 is 0 Å². The fourth-order valence-electron chi connectivity index (χ4n) is 1.88. The van der Waals surface area contributed by atoms with Gasteiger partial charge in [0.25, 0.3) is 0 Å². The Morgan fingerprint density at radius 3 is 2.18 bits per heavy atom. The minimum Gasteiger partial charge on any atom is -0.0587 e. The minimum absolute atomic E-state index is 1.28. The van der Waals surface area contributed by atoms with Gasteiger partial charge < -0.3 is 0 Å². The van der Waals surface area contributed by atoms with Gasteiger partial charge in [0.15, 0.2) is 0 Å². The predicted octanol–water partition coefficient (Wildman–Crippen LogP) is 5.38.